The van der Waals surface area contributed by atoms with Gasteiger partial charge in [0.15, 0.2) is 0 Å². The van der Waals surface area contributed by atoms with E-state index in [4.69, 9.17) is 9.47 Å². The van der Waals surface area contributed by atoms with Gasteiger partial charge in [-0.15, -0.1) is 0 Å². The fraction of sp³-hybridized carbons (Fsp3) is 0.412. The van der Waals surface area contributed by atoms with Gasteiger partial charge in [0.2, 0.25) is 0 Å². The Hall–Kier alpha value is -1.22. The number of fused-ring (bicyclic) bond motifs is 1. The molecule has 0 N–H and O–H groups in total. The maximum Gasteiger partial charge on any atom is 0.122 e. The Labute approximate surface area is 129 Å². The Bertz CT molecular complexity index is 566. The van der Waals surface area contributed by atoms with Gasteiger partial charge in [-0.25, -0.2) is 0 Å². The van der Waals surface area contributed by atoms with E-state index in [2.05, 4.69) is 47.1 Å². The van der Waals surface area contributed by atoms with Crippen LogP contribution in [0.25, 0.3) is 10.8 Å². The van der Waals surface area contributed by atoms with E-state index in [0.717, 1.165) is 29.9 Å². The second-order valence-corrected chi connectivity index (χ2v) is 5.67. The molecule has 108 valence electrons. The monoisotopic (exact) mass is 336 g/mol. The average molecular weight is 337 g/mol. The summed E-state index contributed by atoms with van der Waals surface area (Å²) in [5.74, 6) is 1.86. The molecular formula is C17H21BrO2. The molecule has 0 aliphatic rings. The van der Waals surface area contributed by atoms with Gasteiger partial charge in [0.1, 0.15) is 11.5 Å². The Kier molecular flexibility index (Phi) is 5.72. The molecule has 0 aliphatic carbocycles. The van der Waals surface area contributed by atoms with Crippen molar-refractivity contribution in [2.45, 2.75) is 26.2 Å². The summed E-state index contributed by atoms with van der Waals surface area (Å²) in [6.07, 6.45) is 3.50. The smallest absolute Gasteiger partial charge is 0.122 e. The lowest BCUT2D eigenvalue weighted by atomic mass is 10.0. The third-order valence-corrected chi connectivity index (χ3v) is 4.04. The zero-order chi connectivity index (χ0) is 14.4. The van der Waals surface area contributed by atoms with Crippen LogP contribution in [0.5, 0.6) is 11.5 Å². The van der Waals surface area contributed by atoms with Crippen molar-refractivity contribution >= 4 is 26.7 Å². The first-order valence-electron chi connectivity index (χ1n) is 7.02. The van der Waals surface area contributed by atoms with E-state index >= 15 is 0 Å². The third kappa shape index (κ3) is 3.66. The molecule has 0 aromatic heterocycles. The summed E-state index contributed by atoms with van der Waals surface area (Å²) in [6, 6.07) is 10.3. The predicted octanol–water partition coefficient (Wildman–Crippen LogP) is 5.10. The van der Waals surface area contributed by atoms with Gasteiger partial charge in [-0.2, -0.15) is 0 Å². The van der Waals surface area contributed by atoms with E-state index in [0.29, 0.717) is 0 Å². The summed E-state index contributed by atoms with van der Waals surface area (Å²) < 4.78 is 11.2. The van der Waals surface area contributed by atoms with Crippen LogP contribution in [0.4, 0.5) is 0 Å². The quantitative estimate of drug-likeness (QED) is 0.517. The molecule has 0 amide bonds. The van der Waals surface area contributed by atoms with Crippen LogP contribution in [0, 0.1) is 6.92 Å². The minimum Gasteiger partial charge on any atom is -0.497 e. The molecule has 2 rings (SSSR count). The van der Waals surface area contributed by atoms with Gasteiger partial charge < -0.3 is 9.47 Å². The highest BCUT2D eigenvalue weighted by Gasteiger charge is 2.06. The van der Waals surface area contributed by atoms with Crippen molar-refractivity contribution in [2.24, 2.45) is 0 Å². The van der Waals surface area contributed by atoms with Crippen molar-refractivity contribution in [1.29, 1.82) is 0 Å². The van der Waals surface area contributed by atoms with Crippen LogP contribution in [-0.4, -0.2) is 19.0 Å². The number of benzene rings is 2. The van der Waals surface area contributed by atoms with Gasteiger partial charge in [-0.05, 0) is 60.7 Å². The summed E-state index contributed by atoms with van der Waals surface area (Å²) in [5.41, 5.74) is 1.18. The lowest BCUT2D eigenvalue weighted by Gasteiger charge is -2.12. The number of halogens is 1. The lowest BCUT2D eigenvalue weighted by Crippen LogP contribution is -1.99. The fourth-order valence-corrected chi connectivity index (χ4v) is 2.66. The highest BCUT2D eigenvalue weighted by Crippen LogP contribution is 2.30. The largest absolute Gasteiger partial charge is 0.497 e. The second-order valence-electron chi connectivity index (χ2n) is 4.87. The highest BCUT2D eigenvalue weighted by molar-refractivity contribution is 9.09. The molecule has 0 saturated carbocycles. The van der Waals surface area contributed by atoms with Crippen molar-refractivity contribution in [2.75, 3.05) is 19.0 Å². The van der Waals surface area contributed by atoms with Gasteiger partial charge >= 0.3 is 0 Å². The van der Waals surface area contributed by atoms with Crippen LogP contribution in [0.2, 0.25) is 0 Å². The van der Waals surface area contributed by atoms with Crippen LogP contribution in [0.3, 0.4) is 0 Å². The number of methoxy groups -OCH3 is 1. The first-order chi connectivity index (χ1) is 9.76. The Morgan fingerprint density at radius 2 is 1.85 bits per heavy atom. The molecule has 0 heterocycles. The Morgan fingerprint density at radius 3 is 2.60 bits per heavy atom. The van der Waals surface area contributed by atoms with Crippen molar-refractivity contribution in [3.63, 3.8) is 0 Å². The Balaban J connectivity index is 2.11. The van der Waals surface area contributed by atoms with E-state index in [1.807, 2.05) is 6.07 Å². The molecule has 0 saturated heterocycles. The molecule has 0 fully saturated rings. The van der Waals surface area contributed by atoms with Gasteiger partial charge in [0.05, 0.1) is 13.7 Å². The van der Waals surface area contributed by atoms with Crippen molar-refractivity contribution in [3.05, 3.63) is 35.9 Å². The third-order valence-electron chi connectivity index (χ3n) is 3.48. The first kappa shape index (κ1) is 15.2. The highest BCUT2D eigenvalue weighted by atomic mass is 79.9. The van der Waals surface area contributed by atoms with Crippen LogP contribution >= 0.6 is 15.9 Å². The SMILES string of the molecule is COc1ccc2ccc(OCCCCCBr)c(C)c2c1. The predicted molar refractivity (Wildman–Crippen MR) is 88.4 cm³/mol. The number of unbranched alkanes of at least 4 members (excludes halogenated alkanes) is 2. The van der Waals surface area contributed by atoms with Crippen LogP contribution < -0.4 is 9.47 Å². The van der Waals surface area contributed by atoms with Crippen LogP contribution in [0.15, 0.2) is 30.3 Å². The molecule has 0 atom stereocenters. The second kappa shape index (κ2) is 7.53. The molecule has 0 aliphatic heterocycles. The summed E-state index contributed by atoms with van der Waals surface area (Å²) in [5, 5.41) is 3.49. The van der Waals surface area contributed by atoms with Crippen molar-refractivity contribution in [3.8, 4) is 11.5 Å². The van der Waals surface area contributed by atoms with Gasteiger partial charge in [0, 0.05) is 5.33 Å². The van der Waals surface area contributed by atoms with E-state index in [1.165, 1.54) is 29.2 Å². The summed E-state index contributed by atoms with van der Waals surface area (Å²) >= 11 is 3.45. The molecule has 0 unspecified atom stereocenters. The van der Waals surface area contributed by atoms with E-state index in [1.54, 1.807) is 7.11 Å². The van der Waals surface area contributed by atoms with Crippen LogP contribution in [-0.2, 0) is 0 Å². The topological polar surface area (TPSA) is 18.5 Å². The van der Waals surface area contributed by atoms with Gasteiger partial charge in [0.25, 0.3) is 0 Å². The number of aryl methyl sites for hydroxylation is 1. The molecule has 2 aromatic rings. The zero-order valence-corrected chi connectivity index (χ0v) is 13.7. The van der Waals surface area contributed by atoms with E-state index < -0.39 is 0 Å². The van der Waals surface area contributed by atoms with E-state index in [-0.39, 0.29) is 0 Å². The number of hydrogen-bond acceptors (Lipinski definition) is 2. The van der Waals surface area contributed by atoms with Crippen molar-refractivity contribution < 1.29 is 9.47 Å². The summed E-state index contributed by atoms with van der Waals surface area (Å²) in [4.78, 5) is 0. The van der Waals surface area contributed by atoms with Crippen LogP contribution in [0.1, 0.15) is 24.8 Å². The molecule has 3 heteroatoms. The van der Waals surface area contributed by atoms with Gasteiger partial charge in [-0.1, -0.05) is 28.1 Å². The lowest BCUT2D eigenvalue weighted by molar-refractivity contribution is 0.305. The van der Waals surface area contributed by atoms with E-state index in [9.17, 15) is 0 Å². The molecule has 2 aromatic carbocycles. The number of hydrogen-bond donors (Lipinski definition) is 0. The Morgan fingerprint density at radius 1 is 1.05 bits per heavy atom. The average Bonchev–Trinajstić information content (AvgIpc) is 2.49. The first-order valence-corrected chi connectivity index (χ1v) is 8.14. The van der Waals surface area contributed by atoms with Gasteiger partial charge in [-0.3, -0.25) is 0 Å². The fourth-order valence-electron chi connectivity index (χ4n) is 2.27. The normalized spacial score (nSPS) is 10.8. The summed E-state index contributed by atoms with van der Waals surface area (Å²) in [6.45, 7) is 2.89. The molecule has 0 spiro atoms. The molecule has 20 heavy (non-hydrogen) atoms. The number of alkyl halides is 1. The minimum absolute atomic E-state index is 0.781. The maximum atomic E-state index is 5.91. The number of ether oxygens (including phenoxy) is 2. The van der Waals surface area contributed by atoms with Crippen molar-refractivity contribution in [1.82, 2.24) is 0 Å². The molecule has 2 nitrogen and oxygen atoms in total. The number of rotatable bonds is 7. The summed E-state index contributed by atoms with van der Waals surface area (Å²) in [7, 11) is 1.70. The molecule has 0 bridgehead atoms. The molecule has 0 radical (unpaired) electrons. The maximum absolute atomic E-state index is 5.91. The zero-order valence-electron chi connectivity index (χ0n) is 12.1. The molecular weight excluding hydrogens is 316 g/mol. The standard InChI is InChI=1S/C17H21BrO2/c1-13-16-12-15(19-2)8-6-14(16)7-9-17(13)20-11-5-3-4-10-18/h6-9,12H,3-5,10-11H2,1-2H3. The minimum atomic E-state index is 0.781.